The molecule has 0 amide bonds. The van der Waals surface area contributed by atoms with Crippen molar-refractivity contribution in [2.75, 3.05) is 0 Å². The summed E-state index contributed by atoms with van der Waals surface area (Å²) in [5.41, 5.74) is 0.714. The lowest BCUT2D eigenvalue weighted by Gasteiger charge is -2.38. The molecule has 3 aromatic rings. The van der Waals surface area contributed by atoms with Crippen LogP contribution in [0.15, 0.2) is 35.3 Å². The molecule has 10 nitrogen and oxygen atoms in total. The fraction of sp³-hybridized carbons (Fsp3) is 0.238. The highest BCUT2D eigenvalue weighted by molar-refractivity contribution is 5.86. The summed E-state index contributed by atoms with van der Waals surface area (Å²) in [4.78, 5) is 15.3. The number of aliphatic hydroxyl groups is 3. The molecule has 33 heavy (non-hydrogen) atoms. The van der Waals surface area contributed by atoms with Crippen molar-refractivity contribution in [2.24, 2.45) is 0 Å². The second kappa shape index (κ2) is 8.41. The SMILES string of the molecule is C=Cc1cc(O)cc2nc(-c3cc(F)c(O[C@@H]4O[C@H](C(=O)O)[C@@H](O)[C@H](O)[C@H]4O)c(F)c3)oc12. The first-order chi connectivity index (χ1) is 15.6. The molecular formula is C21H17F2NO9. The van der Waals surface area contributed by atoms with Crippen molar-refractivity contribution in [1.82, 2.24) is 4.98 Å². The molecule has 0 aliphatic carbocycles. The predicted molar refractivity (Wildman–Crippen MR) is 106 cm³/mol. The largest absolute Gasteiger partial charge is 0.508 e. The summed E-state index contributed by atoms with van der Waals surface area (Å²) in [7, 11) is 0. The molecule has 1 saturated heterocycles. The zero-order valence-corrected chi connectivity index (χ0v) is 16.6. The fourth-order valence-corrected chi connectivity index (χ4v) is 3.38. The van der Waals surface area contributed by atoms with Gasteiger partial charge < -0.3 is 39.4 Å². The number of oxazole rings is 1. The topological polar surface area (TPSA) is 163 Å². The van der Waals surface area contributed by atoms with Gasteiger partial charge in [0.2, 0.25) is 12.2 Å². The molecular weight excluding hydrogens is 448 g/mol. The Hall–Kier alpha value is -3.58. The summed E-state index contributed by atoms with van der Waals surface area (Å²) < 4.78 is 44.8. The third-order valence-electron chi connectivity index (χ3n) is 5.02. The van der Waals surface area contributed by atoms with Crippen molar-refractivity contribution in [3.63, 3.8) is 0 Å². The monoisotopic (exact) mass is 465 g/mol. The van der Waals surface area contributed by atoms with Gasteiger partial charge in [0.05, 0.1) is 0 Å². The normalized spacial score (nSPS) is 25.2. The molecule has 0 bridgehead atoms. The minimum atomic E-state index is -2.01. The van der Waals surface area contributed by atoms with Gasteiger partial charge in [-0.15, -0.1) is 0 Å². The molecule has 1 aliphatic rings. The van der Waals surface area contributed by atoms with E-state index in [1.807, 2.05) is 0 Å². The van der Waals surface area contributed by atoms with E-state index >= 15 is 0 Å². The van der Waals surface area contributed by atoms with Gasteiger partial charge in [-0.3, -0.25) is 0 Å². The summed E-state index contributed by atoms with van der Waals surface area (Å²) in [6, 6.07) is 4.28. The average molecular weight is 465 g/mol. The van der Waals surface area contributed by atoms with Gasteiger partial charge in [-0.25, -0.2) is 18.6 Å². The number of nitrogens with zero attached hydrogens (tertiary/aromatic N) is 1. The number of hydrogen-bond acceptors (Lipinski definition) is 9. The Balaban J connectivity index is 1.66. The first kappa shape index (κ1) is 22.6. The van der Waals surface area contributed by atoms with E-state index in [0.29, 0.717) is 5.56 Å². The smallest absolute Gasteiger partial charge is 0.335 e. The van der Waals surface area contributed by atoms with Crippen LogP contribution in [0.25, 0.3) is 28.6 Å². The van der Waals surface area contributed by atoms with Crippen LogP contribution in [0.2, 0.25) is 0 Å². The number of benzene rings is 2. The van der Waals surface area contributed by atoms with E-state index in [4.69, 9.17) is 19.0 Å². The Labute approximate surface area is 183 Å². The number of phenols is 1. The number of phenolic OH excluding ortho intramolecular Hbond substituents is 1. The standard InChI is InChI=1S/C21H17F2NO9/c1-2-7-3-9(25)6-12-16(7)31-19(24-12)8-4-10(22)17(11(23)5-8)32-21-15(28)13(26)14(27)18(33-21)20(29)30/h2-6,13-15,18,21,25-28H,1H2,(H,29,30)/t13-,14-,15+,18-,21+/m0/s1. The van der Waals surface area contributed by atoms with Gasteiger partial charge in [-0.2, -0.15) is 0 Å². The van der Waals surface area contributed by atoms with E-state index in [1.54, 1.807) is 0 Å². The van der Waals surface area contributed by atoms with Crippen molar-refractivity contribution in [1.29, 1.82) is 0 Å². The van der Waals surface area contributed by atoms with E-state index in [1.165, 1.54) is 18.2 Å². The third kappa shape index (κ3) is 4.00. The van der Waals surface area contributed by atoms with Crippen LogP contribution in [-0.4, -0.2) is 67.2 Å². The molecule has 0 unspecified atom stereocenters. The second-order valence-electron chi connectivity index (χ2n) is 7.23. The van der Waals surface area contributed by atoms with Crippen LogP contribution in [0, 0.1) is 11.6 Å². The molecule has 1 fully saturated rings. The summed E-state index contributed by atoms with van der Waals surface area (Å²) in [6.45, 7) is 3.59. The summed E-state index contributed by atoms with van der Waals surface area (Å²) in [5, 5.41) is 48.3. The molecule has 4 rings (SSSR count). The minimum absolute atomic E-state index is 0.114. The number of halogens is 2. The Kier molecular flexibility index (Phi) is 5.76. The van der Waals surface area contributed by atoms with Gasteiger partial charge in [0.25, 0.3) is 0 Å². The number of fused-ring (bicyclic) bond motifs is 1. The minimum Gasteiger partial charge on any atom is -0.508 e. The Morgan fingerprint density at radius 3 is 2.36 bits per heavy atom. The lowest BCUT2D eigenvalue weighted by atomic mass is 9.99. The molecule has 1 aliphatic heterocycles. The third-order valence-corrected chi connectivity index (χ3v) is 5.02. The van der Waals surface area contributed by atoms with E-state index < -0.39 is 54.1 Å². The Morgan fingerprint density at radius 1 is 1.09 bits per heavy atom. The van der Waals surface area contributed by atoms with Gasteiger partial charge >= 0.3 is 5.97 Å². The number of rotatable bonds is 5. The van der Waals surface area contributed by atoms with Gasteiger partial charge in [-0.1, -0.05) is 12.7 Å². The number of aromatic nitrogens is 1. The van der Waals surface area contributed by atoms with Crippen LogP contribution in [0.4, 0.5) is 8.78 Å². The Morgan fingerprint density at radius 2 is 1.76 bits per heavy atom. The highest BCUT2D eigenvalue weighted by Gasteiger charge is 2.48. The lowest BCUT2D eigenvalue weighted by Crippen LogP contribution is -2.61. The van der Waals surface area contributed by atoms with Crippen LogP contribution >= 0.6 is 0 Å². The van der Waals surface area contributed by atoms with E-state index in [9.17, 15) is 34.0 Å². The van der Waals surface area contributed by atoms with Crippen molar-refractivity contribution in [3.8, 4) is 23.0 Å². The van der Waals surface area contributed by atoms with Crippen molar-refractivity contribution in [3.05, 3.63) is 48.0 Å². The molecule has 2 aromatic carbocycles. The fourth-order valence-electron chi connectivity index (χ4n) is 3.38. The second-order valence-corrected chi connectivity index (χ2v) is 7.23. The molecule has 2 heterocycles. The predicted octanol–water partition coefficient (Wildman–Crippen LogP) is 1.39. The zero-order valence-electron chi connectivity index (χ0n) is 16.6. The maximum atomic E-state index is 14.7. The van der Waals surface area contributed by atoms with E-state index in [2.05, 4.69) is 11.6 Å². The van der Waals surface area contributed by atoms with Crippen LogP contribution < -0.4 is 4.74 Å². The number of carboxylic acids is 1. The molecule has 5 N–H and O–H groups in total. The van der Waals surface area contributed by atoms with Crippen molar-refractivity contribution < 1.29 is 53.0 Å². The Bertz CT molecular complexity index is 1220. The zero-order chi connectivity index (χ0) is 24.0. The van der Waals surface area contributed by atoms with Crippen molar-refractivity contribution in [2.45, 2.75) is 30.7 Å². The van der Waals surface area contributed by atoms with Crippen LogP contribution in [-0.2, 0) is 9.53 Å². The number of carboxylic acid groups (broad SMARTS) is 1. The van der Waals surface area contributed by atoms with Gasteiger partial charge in [0, 0.05) is 17.2 Å². The molecule has 0 saturated carbocycles. The quantitative estimate of drug-likeness (QED) is 0.372. The maximum Gasteiger partial charge on any atom is 0.335 e. The number of aromatic hydroxyl groups is 1. The molecule has 0 radical (unpaired) electrons. The number of aliphatic carboxylic acids is 1. The number of hydrogen-bond donors (Lipinski definition) is 5. The van der Waals surface area contributed by atoms with Gasteiger partial charge in [0.1, 0.15) is 29.6 Å². The van der Waals surface area contributed by atoms with Crippen LogP contribution in [0.3, 0.4) is 0 Å². The highest BCUT2D eigenvalue weighted by Crippen LogP contribution is 2.34. The van der Waals surface area contributed by atoms with Gasteiger partial charge in [-0.05, 0) is 18.2 Å². The molecule has 0 spiro atoms. The highest BCUT2D eigenvalue weighted by atomic mass is 19.1. The summed E-state index contributed by atoms with van der Waals surface area (Å²) in [5.74, 6) is -5.56. The maximum absolute atomic E-state index is 14.7. The molecule has 1 aromatic heterocycles. The molecule has 174 valence electrons. The molecule has 12 heteroatoms. The van der Waals surface area contributed by atoms with Crippen LogP contribution in [0.1, 0.15) is 5.56 Å². The van der Waals surface area contributed by atoms with Crippen LogP contribution in [0.5, 0.6) is 11.5 Å². The molecule has 5 atom stereocenters. The summed E-state index contributed by atoms with van der Waals surface area (Å²) in [6.07, 6.45) is -8.61. The first-order valence-corrected chi connectivity index (χ1v) is 9.45. The van der Waals surface area contributed by atoms with Crippen molar-refractivity contribution >= 4 is 23.1 Å². The number of ether oxygens (including phenoxy) is 2. The number of aliphatic hydroxyl groups excluding tert-OH is 3. The van der Waals surface area contributed by atoms with E-state index in [-0.39, 0.29) is 28.3 Å². The summed E-state index contributed by atoms with van der Waals surface area (Å²) >= 11 is 0. The number of carbonyl (C=O) groups is 1. The average Bonchev–Trinajstić information content (AvgIpc) is 3.19. The first-order valence-electron chi connectivity index (χ1n) is 9.45. The lowest BCUT2D eigenvalue weighted by molar-refractivity contribution is -0.271. The van der Waals surface area contributed by atoms with E-state index in [0.717, 1.165) is 12.1 Å². The van der Waals surface area contributed by atoms with Gasteiger partial charge in [0.15, 0.2) is 29.1 Å².